The highest BCUT2D eigenvalue weighted by Crippen LogP contribution is 2.64. The summed E-state index contributed by atoms with van der Waals surface area (Å²) in [4.78, 5) is 7.99. The average molecular weight is 303 g/mol. The van der Waals surface area contributed by atoms with Gasteiger partial charge in [0.1, 0.15) is 5.28 Å². The molecule has 1 rings (SSSR count). The smallest absolute Gasteiger partial charge is 0.342 e. The second kappa shape index (κ2) is 6.14. The summed E-state index contributed by atoms with van der Waals surface area (Å²) in [6.45, 7) is 11.3. The fourth-order valence-corrected chi connectivity index (χ4v) is 3.77. The van der Waals surface area contributed by atoms with Crippen LogP contribution in [0.25, 0.3) is 0 Å². The van der Waals surface area contributed by atoms with Crippen LogP contribution in [-0.2, 0) is 9.09 Å². The Hall–Kier alpha value is -1.07. The van der Waals surface area contributed by atoms with Gasteiger partial charge >= 0.3 is 7.52 Å². The molecule has 0 fully saturated rings. The molecule has 7 nitrogen and oxygen atoms in total. The van der Waals surface area contributed by atoms with Crippen molar-refractivity contribution in [2.45, 2.75) is 39.9 Å². The maximum atomic E-state index is 12.8. The summed E-state index contributed by atoms with van der Waals surface area (Å²) in [5.41, 5.74) is 5.97. The summed E-state index contributed by atoms with van der Waals surface area (Å²) >= 11 is 0. The maximum absolute atomic E-state index is 12.8. The highest BCUT2D eigenvalue weighted by molar-refractivity contribution is 7.59. The van der Waals surface area contributed by atoms with E-state index in [9.17, 15) is 4.57 Å². The molecule has 116 valence electrons. The normalized spacial score (nSPS) is 25.8. The van der Waals surface area contributed by atoms with Crippen molar-refractivity contribution < 1.29 is 9.09 Å². The molecular weight excluding hydrogens is 277 g/mol. The Morgan fingerprint density at radius 3 is 2.45 bits per heavy atom. The van der Waals surface area contributed by atoms with E-state index in [4.69, 9.17) is 10.3 Å². The topological polar surface area (TPSA) is 83.5 Å². The van der Waals surface area contributed by atoms with E-state index in [2.05, 4.69) is 9.76 Å². The molecule has 0 aromatic heterocycles. The third-order valence-corrected chi connectivity index (χ3v) is 6.37. The summed E-state index contributed by atoms with van der Waals surface area (Å²) in [7, 11) is -1.35. The second-order valence-corrected chi connectivity index (χ2v) is 7.63. The summed E-state index contributed by atoms with van der Waals surface area (Å²) in [5, 5.41) is -0.717. The van der Waals surface area contributed by atoms with Crippen LogP contribution in [0.2, 0.25) is 0 Å². The molecule has 0 aromatic carbocycles. The number of guanidine groups is 2. The summed E-state index contributed by atoms with van der Waals surface area (Å²) in [6, 6.07) is 0. The van der Waals surface area contributed by atoms with Crippen molar-refractivity contribution in [3.8, 4) is 0 Å². The lowest BCUT2D eigenvalue weighted by molar-refractivity contribution is 0.275. The Balaban J connectivity index is 3.14. The van der Waals surface area contributed by atoms with Gasteiger partial charge in [-0.05, 0) is 34.6 Å². The van der Waals surface area contributed by atoms with Crippen LogP contribution in [0.15, 0.2) is 9.76 Å². The van der Waals surface area contributed by atoms with E-state index in [0.717, 1.165) is 13.1 Å². The number of nitrogens with zero attached hydrogens (tertiary/aromatic N) is 4. The zero-order chi connectivity index (χ0) is 15.6. The molecule has 1 aliphatic rings. The Bertz CT molecular complexity index is 457. The van der Waals surface area contributed by atoms with E-state index in [1.54, 1.807) is 18.9 Å². The molecule has 20 heavy (non-hydrogen) atoms. The molecule has 0 amide bonds. The van der Waals surface area contributed by atoms with Crippen LogP contribution in [0.5, 0.6) is 0 Å². The Labute approximate surface area is 121 Å². The quantitative estimate of drug-likeness (QED) is 0.487. The van der Waals surface area contributed by atoms with E-state index in [1.165, 1.54) is 0 Å². The molecule has 0 spiro atoms. The molecule has 0 saturated heterocycles. The second-order valence-electron chi connectivity index (χ2n) is 5.03. The van der Waals surface area contributed by atoms with E-state index in [1.807, 2.05) is 32.6 Å². The van der Waals surface area contributed by atoms with Crippen molar-refractivity contribution in [1.29, 1.82) is 0 Å². The third kappa shape index (κ3) is 2.83. The van der Waals surface area contributed by atoms with Crippen molar-refractivity contribution in [2.75, 3.05) is 26.7 Å². The van der Waals surface area contributed by atoms with Crippen LogP contribution >= 0.6 is 7.52 Å². The molecule has 1 atom stereocenters. The van der Waals surface area contributed by atoms with Crippen LogP contribution in [0.3, 0.4) is 0 Å². The van der Waals surface area contributed by atoms with E-state index in [0.29, 0.717) is 18.5 Å². The molecule has 0 aliphatic carbocycles. The van der Waals surface area contributed by atoms with Crippen LogP contribution in [0, 0.1) is 0 Å². The van der Waals surface area contributed by atoms with Gasteiger partial charge in [-0.2, -0.15) is 9.76 Å². The average Bonchev–Trinajstić information content (AvgIpc) is 2.53. The van der Waals surface area contributed by atoms with Gasteiger partial charge in [0.2, 0.25) is 5.96 Å². The van der Waals surface area contributed by atoms with Gasteiger partial charge in [0.15, 0.2) is 5.96 Å². The zero-order valence-corrected chi connectivity index (χ0v) is 14.1. The highest BCUT2D eigenvalue weighted by Gasteiger charge is 2.52. The molecule has 2 N–H and O–H groups in total. The first-order valence-corrected chi connectivity index (χ1v) is 8.49. The van der Waals surface area contributed by atoms with Crippen molar-refractivity contribution in [3.63, 3.8) is 0 Å². The van der Waals surface area contributed by atoms with Gasteiger partial charge in [0.25, 0.3) is 0 Å². The predicted molar refractivity (Wildman–Crippen MR) is 83.1 cm³/mol. The van der Waals surface area contributed by atoms with Crippen molar-refractivity contribution >= 4 is 19.4 Å². The van der Waals surface area contributed by atoms with Crippen LogP contribution < -0.4 is 5.73 Å². The zero-order valence-electron chi connectivity index (χ0n) is 13.3. The third-order valence-electron chi connectivity index (χ3n) is 3.64. The number of hydrogen-bond donors (Lipinski definition) is 1. The lowest BCUT2D eigenvalue weighted by Crippen LogP contribution is -2.42. The van der Waals surface area contributed by atoms with Crippen molar-refractivity contribution in [2.24, 2.45) is 15.5 Å². The molecule has 0 aromatic rings. The Morgan fingerprint density at radius 1 is 1.45 bits per heavy atom. The number of aliphatic imine (C=N–C) groups is 1. The van der Waals surface area contributed by atoms with Crippen molar-refractivity contribution in [3.05, 3.63) is 0 Å². The minimum absolute atomic E-state index is 0.348. The summed E-state index contributed by atoms with van der Waals surface area (Å²) in [5.74, 6) is 0.734. The fraction of sp³-hybridized carbons (Fsp3) is 0.833. The first-order chi connectivity index (χ1) is 9.23. The number of hydrogen-bond acceptors (Lipinski definition) is 4. The fourth-order valence-electron chi connectivity index (χ4n) is 1.92. The van der Waals surface area contributed by atoms with Gasteiger partial charge in [-0.1, -0.05) is 0 Å². The van der Waals surface area contributed by atoms with Crippen LogP contribution in [0.4, 0.5) is 0 Å². The Morgan fingerprint density at radius 2 is 2.00 bits per heavy atom. The van der Waals surface area contributed by atoms with Crippen LogP contribution in [-0.4, -0.2) is 53.7 Å². The lowest BCUT2D eigenvalue weighted by Gasteiger charge is -2.32. The largest absolute Gasteiger partial charge is 0.369 e. The van der Waals surface area contributed by atoms with Gasteiger partial charge in [-0.25, -0.2) is 0 Å². The van der Waals surface area contributed by atoms with E-state index < -0.39 is 12.8 Å². The first-order valence-electron chi connectivity index (χ1n) is 6.91. The van der Waals surface area contributed by atoms with Gasteiger partial charge in [-0.15, -0.1) is 0 Å². The van der Waals surface area contributed by atoms with Gasteiger partial charge in [0, 0.05) is 20.1 Å². The summed E-state index contributed by atoms with van der Waals surface area (Å²) in [6.07, 6.45) is 0. The predicted octanol–water partition coefficient (Wildman–Crippen LogP) is 1.91. The molecule has 1 unspecified atom stereocenters. The lowest BCUT2D eigenvalue weighted by atomic mass is 10.3. The standard InChI is InChI=1S/C12H26N5O2P/c1-7-17(8-2)10(13)14-11-15-20(18,19-9-3)12(4,5)16(11)6/h7-9H2,1-6H3,(H2,13,14,15,18). The SMILES string of the molecule is CCOP1(=O)N=C(/N=C(\N)N(CC)CC)N(C)C1(C)C. The number of nitrogens with two attached hydrogens (primary N) is 1. The molecule has 1 heterocycles. The molecule has 1 aliphatic heterocycles. The van der Waals surface area contributed by atoms with Crippen molar-refractivity contribution in [1.82, 2.24) is 9.80 Å². The maximum Gasteiger partial charge on any atom is 0.342 e. The van der Waals surface area contributed by atoms with Gasteiger partial charge in [0.05, 0.1) is 6.61 Å². The minimum atomic E-state index is -3.16. The Kier molecular flexibility index (Phi) is 5.21. The van der Waals surface area contributed by atoms with E-state index >= 15 is 0 Å². The highest BCUT2D eigenvalue weighted by atomic mass is 31.2. The van der Waals surface area contributed by atoms with Crippen LogP contribution in [0.1, 0.15) is 34.6 Å². The minimum Gasteiger partial charge on any atom is -0.369 e. The first kappa shape index (κ1) is 17.0. The van der Waals surface area contributed by atoms with E-state index in [-0.39, 0.29) is 0 Å². The summed E-state index contributed by atoms with van der Waals surface area (Å²) < 4.78 is 22.4. The molecule has 0 saturated carbocycles. The van der Waals surface area contributed by atoms with Gasteiger partial charge < -0.3 is 20.1 Å². The number of rotatable bonds is 4. The molecular formula is C12H26N5O2P. The van der Waals surface area contributed by atoms with Gasteiger partial charge in [-0.3, -0.25) is 4.57 Å². The molecule has 0 radical (unpaired) electrons. The monoisotopic (exact) mass is 303 g/mol. The molecule has 8 heteroatoms. The molecule has 0 bridgehead atoms.